The Kier molecular flexibility index (Phi) is 37.8. The Balaban J connectivity index is 1.83. The van der Waals surface area contributed by atoms with E-state index in [2.05, 4.69) is 58.6 Å². The van der Waals surface area contributed by atoms with Crippen LogP contribution in [-0.4, -0.2) is 97.7 Å². The fraction of sp³-hybridized carbons (Fsp3) is 0.913. The van der Waals surface area contributed by atoms with Crippen LogP contribution >= 0.6 is 0 Å². The SMILES string of the molecule is CCCCCCCCC=CCCCCCCCCNCC(O)CN1CCN(CC(O)CNCCCCCCCCC=CCCCCCCCC)CC1. The van der Waals surface area contributed by atoms with E-state index in [1.807, 2.05) is 0 Å². The van der Waals surface area contributed by atoms with Gasteiger partial charge in [0.05, 0.1) is 12.2 Å². The molecule has 4 N–H and O–H groups in total. The molecule has 0 aromatic rings. The average Bonchev–Trinajstić information content (AvgIpc) is 3.14. The minimum absolute atomic E-state index is 0.308. The second-order valence-corrected chi connectivity index (χ2v) is 16.2. The lowest BCUT2D eigenvalue weighted by molar-refractivity contribution is 0.0489. The van der Waals surface area contributed by atoms with Gasteiger partial charge >= 0.3 is 0 Å². The van der Waals surface area contributed by atoms with Gasteiger partial charge in [0, 0.05) is 52.4 Å². The summed E-state index contributed by atoms with van der Waals surface area (Å²) in [6, 6.07) is 0. The molecular weight excluding hydrogens is 641 g/mol. The molecule has 0 aliphatic carbocycles. The van der Waals surface area contributed by atoms with Crippen LogP contribution in [0.1, 0.15) is 194 Å². The number of hydrogen-bond acceptors (Lipinski definition) is 6. The van der Waals surface area contributed by atoms with Gasteiger partial charge in [-0.25, -0.2) is 0 Å². The summed E-state index contributed by atoms with van der Waals surface area (Å²) in [5.41, 5.74) is 0. The Hall–Kier alpha value is -0.760. The lowest BCUT2D eigenvalue weighted by atomic mass is 10.1. The van der Waals surface area contributed by atoms with E-state index in [1.165, 1.54) is 180 Å². The number of rotatable bonds is 40. The average molecular weight is 733 g/mol. The van der Waals surface area contributed by atoms with Crippen LogP contribution in [0.4, 0.5) is 0 Å². The first-order valence-corrected chi connectivity index (χ1v) is 23.2. The summed E-state index contributed by atoms with van der Waals surface area (Å²) in [5.74, 6) is 0. The fourth-order valence-corrected chi connectivity index (χ4v) is 7.41. The Morgan fingerprint density at radius 1 is 0.404 bits per heavy atom. The highest BCUT2D eigenvalue weighted by atomic mass is 16.3. The van der Waals surface area contributed by atoms with Gasteiger partial charge in [-0.3, -0.25) is 9.80 Å². The van der Waals surface area contributed by atoms with E-state index in [0.717, 1.165) is 52.4 Å². The molecule has 0 aromatic carbocycles. The van der Waals surface area contributed by atoms with Crippen LogP contribution in [0.15, 0.2) is 24.3 Å². The molecule has 1 aliphatic rings. The van der Waals surface area contributed by atoms with Crippen molar-refractivity contribution in [3.63, 3.8) is 0 Å². The van der Waals surface area contributed by atoms with Crippen LogP contribution < -0.4 is 10.6 Å². The second-order valence-electron chi connectivity index (χ2n) is 16.2. The van der Waals surface area contributed by atoms with Crippen LogP contribution in [-0.2, 0) is 0 Å². The monoisotopic (exact) mass is 733 g/mol. The van der Waals surface area contributed by atoms with Gasteiger partial charge in [0.15, 0.2) is 0 Å². The lowest BCUT2D eigenvalue weighted by Crippen LogP contribution is -2.51. The van der Waals surface area contributed by atoms with Gasteiger partial charge in [-0.2, -0.15) is 0 Å². The van der Waals surface area contributed by atoms with E-state index in [0.29, 0.717) is 13.1 Å². The number of hydrogen-bond donors (Lipinski definition) is 4. The molecule has 6 nitrogen and oxygen atoms in total. The highest BCUT2D eigenvalue weighted by Gasteiger charge is 2.20. The Bertz CT molecular complexity index is 693. The van der Waals surface area contributed by atoms with Crippen molar-refractivity contribution in [1.29, 1.82) is 0 Å². The summed E-state index contributed by atoms with van der Waals surface area (Å²) in [6.45, 7) is 13.3. The topological polar surface area (TPSA) is 71.0 Å². The van der Waals surface area contributed by atoms with E-state index in [1.54, 1.807) is 0 Å². The number of β-amino-alcohol motifs (C(OH)–C–C–N with tert-alkyl or cyclic N) is 2. The number of nitrogens with one attached hydrogen (secondary N) is 2. The molecule has 0 bridgehead atoms. The Morgan fingerprint density at radius 2 is 0.673 bits per heavy atom. The van der Waals surface area contributed by atoms with E-state index in [9.17, 15) is 10.2 Å². The molecule has 1 aliphatic heterocycles. The molecule has 1 fully saturated rings. The zero-order valence-corrected chi connectivity index (χ0v) is 35.1. The van der Waals surface area contributed by atoms with Gasteiger partial charge in [0.2, 0.25) is 0 Å². The first kappa shape index (κ1) is 49.3. The smallest absolute Gasteiger partial charge is 0.0791 e. The number of aliphatic hydroxyl groups excluding tert-OH is 2. The molecule has 0 saturated carbocycles. The first-order chi connectivity index (χ1) is 25.7. The summed E-state index contributed by atoms with van der Waals surface area (Å²) in [4.78, 5) is 4.76. The first-order valence-electron chi connectivity index (χ1n) is 23.2. The standard InChI is InChI=1S/C46H92N4O2/c1-3-5-7-9-11-13-15-17-19-21-23-25-27-29-31-33-35-47-41-45(51)43-49-37-39-50(40-38-49)44-46(52)42-48-36-34-32-30-28-26-24-22-20-18-16-14-12-10-8-6-4-2/h17-20,45-48,51-52H,3-16,21-44H2,1-2H3. The molecule has 6 heteroatoms. The lowest BCUT2D eigenvalue weighted by Gasteiger charge is -2.36. The largest absolute Gasteiger partial charge is 0.390 e. The van der Waals surface area contributed by atoms with Crippen LogP contribution in [0.25, 0.3) is 0 Å². The van der Waals surface area contributed by atoms with E-state index < -0.39 is 0 Å². The van der Waals surface area contributed by atoms with Crippen LogP contribution in [0.3, 0.4) is 0 Å². The summed E-state index contributed by atoms with van der Waals surface area (Å²) >= 11 is 0. The van der Waals surface area contributed by atoms with Crippen molar-refractivity contribution in [3.8, 4) is 0 Å². The minimum Gasteiger partial charge on any atom is -0.390 e. The van der Waals surface area contributed by atoms with Crippen molar-refractivity contribution in [2.75, 3.05) is 65.4 Å². The predicted molar refractivity (Wildman–Crippen MR) is 230 cm³/mol. The molecule has 2 unspecified atom stereocenters. The quantitative estimate of drug-likeness (QED) is 0.0371. The summed E-state index contributed by atoms with van der Waals surface area (Å²) in [6.07, 6.45) is 46.5. The highest BCUT2D eigenvalue weighted by Crippen LogP contribution is 2.12. The second kappa shape index (κ2) is 39.9. The molecule has 0 aromatic heterocycles. The normalized spacial score (nSPS) is 15.8. The zero-order chi connectivity index (χ0) is 37.4. The Labute approximate surface area is 325 Å². The van der Waals surface area contributed by atoms with E-state index in [4.69, 9.17) is 0 Å². The number of nitrogens with zero attached hydrogens (tertiary/aromatic N) is 2. The molecule has 0 radical (unpaired) electrons. The molecule has 0 amide bonds. The summed E-state index contributed by atoms with van der Waals surface area (Å²) in [5, 5.41) is 28.1. The van der Waals surface area contributed by atoms with Crippen LogP contribution in [0.5, 0.6) is 0 Å². The maximum Gasteiger partial charge on any atom is 0.0791 e. The van der Waals surface area contributed by atoms with Crippen molar-refractivity contribution in [2.24, 2.45) is 0 Å². The van der Waals surface area contributed by atoms with Gasteiger partial charge in [-0.15, -0.1) is 0 Å². The highest BCUT2D eigenvalue weighted by molar-refractivity contribution is 4.82. The Morgan fingerprint density at radius 3 is 0.981 bits per heavy atom. The van der Waals surface area contributed by atoms with Crippen LogP contribution in [0.2, 0.25) is 0 Å². The van der Waals surface area contributed by atoms with Crippen LogP contribution in [0, 0.1) is 0 Å². The molecule has 1 heterocycles. The third-order valence-corrected chi connectivity index (χ3v) is 10.9. The number of aliphatic hydroxyl groups is 2. The van der Waals surface area contributed by atoms with Crippen molar-refractivity contribution in [1.82, 2.24) is 20.4 Å². The number of piperazine rings is 1. The number of allylic oxidation sites excluding steroid dienone is 4. The van der Waals surface area contributed by atoms with Crippen molar-refractivity contribution in [2.45, 2.75) is 206 Å². The fourth-order valence-electron chi connectivity index (χ4n) is 7.41. The van der Waals surface area contributed by atoms with E-state index in [-0.39, 0.29) is 12.2 Å². The molecule has 52 heavy (non-hydrogen) atoms. The van der Waals surface area contributed by atoms with Gasteiger partial charge in [-0.05, 0) is 77.3 Å². The maximum atomic E-state index is 10.6. The predicted octanol–water partition coefficient (Wildman–Crippen LogP) is 10.6. The van der Waals surface area contributed by atoms with Crippen molar-refractivity contribution < 1.29 is 10.2 Å². The molecular formula is C46H92N4O2. The van der Waals surface area contributed by atoms with Gasteiger partial charge in [0.25, 0.3) is 0 Å². The van der Waals surface area contributed by atoms with Crippen molar-refractivity contribution in [3.05, 3.63) is 24.3 Å². The third-order valence-electron chi connectivity index (χ3n) is 10.9. The van der Waals surface area contributed by atoms with E-state index >= 15 is 0 Å². The molecule has 308 valence electrons. The minimum atomic E-state index is -0.308. The zero-order valence-electron chi connectivity index (χ0n) is 35.1. The summed E-state index contributed by atoms with van der Waals surface area (Å²) < 4.78 is 0. The van der Waals surface area contributed by atoms with Crippen molar-refractivity contribution >= 4 is 0 Å². The summed E-state index contributed by atoms with van der Waals surface area (Å²) in [7, 11) is 0. The molecule has 2 atom stereocenters. The van der Waals surface area contributed by atoms with Gasteiger partial charge < -0.3 is 20.8 Å². The van der Waals surface area contributed by atoms with Gasteiger partial charge in [0.1, 0.15) is 0 Å². The maximum absolute atomic E-state index is 10.6. The molecule has 1 rings (SSSR count). The van der Waals surface area contributed by atoms with Gasteiger partial charge in [-0.1, -0.05) is 154 Å². The molecule has 0 spiro atoms. The number of unbranched alkanes of at least 4 members (excludes halogenated alkanes) is 24. The molecule has 1 saturated heterocycles. The third kappa shape index (κ3) is 35.0.